The van der Waals surface area contributed by atoms with Crippen molar-refractivity contribution >= 4 is 11.7 Å². The molecular formula is C14H16F3NO4. The van der Waals surface area contributed by atoms with Crippen molar-refractivity contribution < 1.29 is 32.5 Å². The van der Waals surface area contributed by atoms with E-state index in [2.05, 4.69) is 0 Å². The monoisotopic (exact) mass is 319 g/mol. The van der Waals surface area contributed by atoms with E-state index < -0.39 is 29.4 Å². The van der Waals surface area contributed by atoms with Crippen molar-refractivity contribution in [3.05, 3.63) is 29.3 Å². The van der Waals surface area contributed by atoms with Crippen molar-refractivity contribution in [2.45, 2.75) is 25.3 Å². The van der Waals surface area contributed by atoms with Gasteiger partial charge in [-0.25, -0.2) is 0 Å². The molecule has 0 saturated carbocycles. The van der Waals surface area contributed by atoms with Gasteiger partial charge in [-0.05, 0) is 30.7 Å². The lowest BCUT2D eigenvalue weighted by Gasteiger charge is -2.31. The minimum atomic E-state index is -4.51. The molecule has 5 nitrogen and oxygen atoms in total. The molecule has 3 N–H and O–H groups in total. The Bertz CT molecular complexity index is 568. The van der Waals surface area contributed by atoms with Gasteiger partial charge in [0.05, 0.1) is 18.8 Å². The van der Waals surface area contributed by atoms with Crippen LogP contribution in [-0.4, -0.2) is 30.1 Å². The van der Waals surface area contributed by atoms with Gasteiger partial charge in [0.2, 0.25) is 0 Å². The topological polar surface area (TPSA) is 81.8 Å². The first-order valence-electron chi connectivity index (χ1n) is 6.62. The second-order valence-electron chi connectivity index (χ2n) is 5.16. The van der Waals surface area contributed by atoms with Gasteiger partial charge in [0.25, 0.3) is 0 Å². The van der Waals surface area contributed by atoms with Crippen LogP contribution < -0.4 is 5.73 Å². The third-order valence-corrected chi connectivity index (χ3v) is 3.71. The van der Waals surface area contributed by atoms with Gasteiger partial charge < -0.3 is 20.3 Å². The zero-order valence-electron chi connectivity index (χ0n) is 11.8. The third kappa shape index (κ3) is 3.17. The Morgan fingerprint density at radius 1 is 1.41 bits per heavy atom. The summed E-state index contributed by atoms with van der Waals surface area (Å²) >= 11 is 0. The summed E-state index contributed by atoms with van der Waals surface area (Å²) < 4.78 is 49.2. The lowest BCUT2D eigenvalue weighted by Crippen LogP contribution is -2.44. The second-order valence-corrected chi connectivity index (χ2v) is 5.16. The van der Waals surface area contributed by atoms with E-state index in [0.29, 0.717) is 0 Å². The molecule has 0 aromatic heterocycles. The Hall–Kier alpha value is -1.80. The molecule has 0 amide bonds. The zero-order valence-corrected chi connectivity index (χ0v) is 11.8. The highest BCUT2D eigenvalue weighted by Gasteiger charge is 2.46. The van der Waals surface area contributed by atoms with E-state index >= 15 is 0 Å². The quantitative estimate of drug-likeness (QED) is 0.832. The molecule has 1 atom stereocenters. The molecule has 2 rings (SSSR count). The van der Waals surface area contributed by atoms with Gasteiger partial charge in [-0.1, -0.05) is 0 Å². The Balaban J connectivity index is 2.37. The van der Waals surface area contributed by atoms with Gasteiger partial charge in [-0.3, -0.25) is 4.79 Å². The molecule has 1 aromatic rings. The number of carboxylic acids is 1. The van der Waals surface area contributed by atoms with Crippen molar-refractivity contribution in [2.75, 3.05) is 18.9 Å². The molecule has 8 heteroatoms. The van der Waals surface area contributed by atoms with E-state index in [-0.39, 0.29) is 30.9 Å². The van der Waals surface area contributed by atoms with Crippen LogP contribution in [-0.2, 0) is 26.9 Å². The van der Waals surface area contributed by atoms with Crippen molar-refractivity contribution in [1.82, 2.24) is 0 Å². The molecule has 1 saturated heterocycles. The summed E-state index contributed by atoms with van der Waals surface area (Å²) in [6.07, 6.45) is -4.68. The fourth-order valence-electron chi connectivity index (χ4n) is 2.36. The maximum atomic E-state index is 12.8. The number of nitrogen functional groups attached to an aromatic ring is 1. The highest BCUT2D eigenvalue weighted by atomic mass is 19.4. The van der Waals surface area contributed by atoms with Gasteiger partial charge in [0.15, 0.2) is 5.79 Å². The van der Waals surface area contributed by atoms with Crippen LogP contribution in [0.4, 0.5) is 18.9 Å². The first-order chi connectivity index (χ1) is 10.2. The standard InChI is InChI=1S/C14H16F3NO4/c1-8(12(19)20)13(21-4-5-22-13)7-9-6-10(14(15,16)17)2-3-11(9)18/h2-3,6,8H,4-5,7,18H2,1H3,(H,19,20). The molecule has 1 heterocycles. The van der Waals surface area contributed by atoms with Crippen LogP contribution in [0.2, 0.25) is 0 Å². The number of carboxylic acid groups (broad SMARTS) is 1. The first kappa shape index (κ1) is 16.6. The number of alkyl halides is 3. The average molecular weight is 319 g/mol. The average Bonchev–Trinajstić information content (AvgIpc) is 2.88. The minimum absolute atomic E-state index is 0.129. The molecule has 0 aliphatic carbocycles. The van der Waals surface area contributed by atoms with Crippen LogP contribution in [0.5, 0.6) is 0 Å². The van der Waals surface area contributed by atoms with Crippen LogP contribution in [0.15, 0.2) is 18.2 Å². The van der Waals surface area contributed by atoms with E-state index in [1.807, 2.05) is 0 Å². The van der Waals surface area contributed by atoms with Crippen LogP contribution in [0.1, 0.15) is 18.1 Å². The number of halogens is 3. The Morgan fingerprint density at radius 2 is 2.00 bits per heavy atom. The lowest BCUT2D eigenvalue weighted by molar-refractivity contribution is -0.202. The number of aliphatic carboxylic acids is 1. The molecule has 0 radical (unpaired) electrons. The second kappa shape index (κ2) is 5.77. The molecule has 1 aromatic carbocycles. The predicted molar refractivity (Wildman–Crippen MR) is 71.0 cm³/mol. The van der Waals surface area contributed by atoms with Gasteiger partial charge in [0.1, 0.15) is 5.92 Å². The molecule has 0 bridgehead atoms. The van der Waals surface area contributed by atoms with Crippen LogP contribution in [0, 0.1) is 5.92 Å². The van der Waals surface area contributed by atoms with Crippen LogP contribution in [0.3, 0.4) is 0 Å². The van der Waals surface area contributed by atoms with Crippen LogP contribution >= 0.6 is 0 Å². The molecular weight excluding hydrogens is 303 g/mol. The number of carbonyl (C=O) groups is 1. The number of hydrogen-bond donors (Lipinski definition) is 2. The predicted octanol–water partition coefficient (Wildman–Crippen LogP) is 2.29. The van der Waals surface area contributed by atoms with E-state index in [9.17, 15) is 18.0 Å². The van der Waals surface area contributed by atoms with Gasteiger partial charge in [0, 0.05) is 12.1 Å². The van der Waals surface area contributed by atoms with Crippen LogP contribution in [0.25, 0.3) is 0 Å². The smallest absolute Gasteiger partial charge is 0.416 e. The number of ether oxygens (including phenoxy) is 2. The Morgan fingerprint density at radius 3 is 2.50 bits per heavy atom. The van der Waals surface area contributed by atoms with E-state index in [1.165, 1.54) is 6.92 Å². The highest BCUT2D eigenvalue weighted by molar-refractivity contribution is 5.71. The maximum absolute atomic E-state index is 12.8. The molecule has 1 unspecified atom stereocenters. The SMILES string of the molecule is CC(C(=O)O)C1(Cc2cc(C(F)(F)F)ccc2N)OCCO1. The largest absolute Gasteiger partial charge is 0.481 e. The van der Waals surface area contributed by atoms with Crippen molar-refractivity contribution in [3.8, 4) is 0 Å². The summed E-state index contributed by atoms with van der Waals surface area (Å²) in [5, 5.41) is 9.17. The molecule has 122 valence electrons. The molecule has 0 spiro atoms. The number of rotatable bonds is 4. The van der Waals surface area contributed by atoms with E-state index in [4.69, 9.17) is 20.3 Å². The fraction of sp³-hybridized carbons (Fsp3) is 0.500. The molecule has 22 heavy (non-hydrogen) atoms. The first-order valence-corrected chi connectivity index (χ1v) is 6.62. The Labute approximate surface area is 124 Å². The van der Waals surface area contributed by atoms with Crippen molar-refractivity contribution in [2.24, 2.45) is 5.92 Å². The fourth-order valence-corrected chi connectivity index (χ4v) is 2.36. The molecule has 1 aliphatic heterocycles. The number of nitrogens with two attached hydrogens (primary N) is 1. The van der Waals surface area contributed by atoms with Crippen molar-refractivity contribution in [3.63, 3.8) is 0 Å². The third-order valence-electron chi connectivity index (χ3n) is 3.71. The number of anilines is 1. The maximum Gasteiger partial charge on any atom is 0.416 e. The summed E-state index contributed by atoms with van der Waals surface area (Å²) in [5.74, 6) is -3.72. The summed E-state index contributed by atoms with van der Waals surface area (Å²) in [5.41, 5.74) is 5.14. The van der Waals surface area contributed by atoms with Gasteiger partial charge >= 0.3 is 12.1 Å². The summed E-state index contributed by atoms with van der Waals surface area (Å²) in [4.78, 5) is 11.2. The number of hydrogen-bond acceptors (Lipinski definition) is 4. The highest BCUT2D eigenvalue weighted by Crippen LogP contribution is 2.36. The van der Waals surface area contributed by atoms with Gasteiger partial charge in [-0.15, -0.1) is 0 Å². The summed E-state index contributed by atoms with van der Waals surface area (Å²) in [6.45, 7) is 1.74. The summed E-state index contributed by atoms with van der Waals surface area (Å²) in [6, 6.07) is 2.92. The van der Waals surface area contributed by atoms with Crippen molar-refractivity contribution in [1.29, 1.82) is 0 Å². The molecule has 1 fully saturated rings. The van der Waals surface area contributed by atoms with E-state index in [1.54, 1.807) is 0 Å². The minimum Gasteiger partial charge on any atom is -0.481 e. The normalized spacial score (nSPS) is 19.1. The zero-order chi connectivity index (χ0) is 16.5. The lowest BCUT2D eigenvalue weighted by atomic mass is 9.92. The van der Waals surface area contributed by atoms with Gasteiger partial charge in [-0.2, -0.15) is 13.2 Å². The number of benzene rings is 1. The molecule has 1 aliphatic rings. The Kier molecular flexibility index (Phi) is 4.35. The summed E-state index contributed by atoms with van der Waals surface area (Å²) in [7, 11) is 0. The van der Waals surface area contributed by atoms with E-state index in [0.717, 1.165) is 18.2 Å².